The summed E-state index contributed by atoms with van der Waals surface area (Å²) >= 11 is 0. The predicted molar refractivity (Wildman–Crippen MR) is 183 cm³/mol. The zero-order valence-electron chi connectivity index (χ0n) is 29.7. The number of ether oxygens (including phenoxy) is 3. The topological polar surface area (TPSA) is 117 Å². The molecule has 0 saturated heterocycles. The van der Waals surface area contributed by atoms with Crippen LogP contribution in [0.1, 0.15) is 107 Å². The van der Waals surface area contributed by atoms with E-state index in [0.29, 0.717) is 81.1 Å². The maximum absolute atomic E-state index is 12.6. The van der Waals surface area contributed by atoms with Gasteiger partial charge in [0.15, 0.2) is 0 Å². The van der Waals surface area contributed by atoms with Crippen molar-refractivity contribution in [1.82, 2.24) is 25.6 Å². The van der Waals surface area contributed by atoms with Crippen LogP contribution >= 0.6 is 0 Å². The van der Waals surface area contributed by atoms with E-state index in [-0.39, 0.29) is 17.4 Å². The molecule has 2 N–H and O–H groups in total. The lowest BCUT2D eigenvalue weighted by Gasteiger charge is -2.23. The van der Waals surface area contributed by atoms with Gasteiger partial charge in [0.1, 0.15) is 0 Å². The van der Waals surface area contributed by atoms with Crippen LogP contribution in [-0.2, 0) is 38.4 Å². The van der Waals surface area contributed by atoms with Crippen molar-refractivity contribution in [3.05, 3.63) is 46.8 Å². The van der Waals surface area contributed by atoms with Crippen LogP contribution < -0.4 is 10.6 Å². The summed E-state index contributed by atoms with van der Waals surface area (Å²) in [4.78, 5) is 25.0. The zero-order valence-corrected chi connectivity index (χ0v) is 29.7. The van der Waals surface area contributed by atoms with Crippen LogP contribution in [0, 0.1) is 23.2 Å². The fourth-order valence-electron chi connectivity index (χ4n) is 6.28. The lowest BCUT2D eigenvalue weighted by Crippen LogP contribution is -2.40. The first-order valence-corrected chi connectivity index (χ1v) is 17.8. The van der Waals surface area contributed by atoms with Crippen LogP contribution in [0.15, 0.2) is 24.3 Å². The Hall–Kier alpha value is -2.82. The van der Waals surface area contributed by atoms with Gasteiger partial charge in [-0.2, -0.15) is 0 Å². The fraction of sp³-hybridized carbons (Fsp3) is 0.730. The van der Waals surface area contributed by atoms with Crippen LogP contribution in [-0.4, -0.2) is 79.0 Å². The highest BCUT2D eigenvalue weighted by molar-refractivity contribution is 5.94. The van der Waals surface area contributed by atoms with Crippen LogP contribution in [0.3, 0.4) is 0 Å². The first kappa shape index (κ1) is 37.0. The summed E-state index contributed by atoms with van der Waals surface area (Å²) < 4.78 is 19.0. The highest BCUT2D eigenvalue weighted by Crippen LogP contribution is 2.53. The summed E-state index contributed by atoms with van der Waals surface area (Å²) in [7, 11) is 1.93. The molecule has 0 unspecified atom stereocenters. The first-order valence-electron chi connectivity index (χ1n) is 17.8. The van der Waals surface area contributed by atoms with Gasteiger partial charge >= 0.3 is 5.97 Å². The molecular formula is C37H59N5O5. The Morgan fingerprint density at radius 1 is 0.957 bits per heavy atom. The standard InChI is InChI=1S/C37H59N5O5/c1-7-36(2,3)19-22-46-24-23-45-21-8-9-34(43)47-26-31-29-14-16-32-33(17-15-30(29)31)42(41-40-32)25-27-10-12-28(13-11-27)35(44)39-20-18-37(4,5)38-6/h10-13,29-31,38H,7-9,14-26H2,1-6H3,(H,39,44)/t29-,30+,31-/m1/s1. The van der Waals surface area contributed by atoms with Crippen LogP contribution in [0.25, 0.3) is 0 Å². The average molecular weight is 654 g/mol. The Morgan fingerprint density at radius 3 is 2.36 bits per heavy atom. The third-order valence-electron chi connectivity index (χ3n) is 10.5. The lowest BCUT2D eigenvalue weighted by atomic mass is 9.87. The highest BCUT2D eigenvalue weighted by Gasteiger charge is 2.50. The van der Waals surface area contributed by atoms with Crippen molar-refractivity contribution in [2.75, 3.05) is 46.6 Å². The second-order valence-electron chi connectivity index (χ2n) is 14.8. The number of nitrogens with zero attached hydrogens (tertiary/aromatic N) is 3. The van der Waals surface area contributed by atoms with Gasteiger partial charge in [-0.1, -0.05) is 44.5 Å². The number of nitrogens with one attached hydrogen (secondary N) is 2. The summed E-state index contributed by atoms with van der Waals surface area (Å²) in [5, 5.41) is 15.3. The van der Waals surface area contributed by atoms with Gasteiger partial charge in [-0.25, -0.2) is 4.68 Å². The molecule has 2 aromatic rings. The molecule has 262 valence electrons. The quantitative estimate of drug-likeness (QED) is 0.145. The van der Waals surface area contributed by atoms with Gasteiger partial charge in [-0.3, -0.25) is 9.59 Å². The Balaban J connectivity index is 1.12. The van der Waals surface area contributed by atoms with E-state index in [1.54, 1.807) is 0 Å². The number of hydrogen-bond acceptors (Lipinski definition) is 8. The molecule has 10 heteroatoms. The van der Waals surface area contributed by atoms with Crippen LogP contribution in [0.4, 0.5) is 0 Å². The number of fused-ring (bicyclic) bond motifs is 2. The zero-order chi connectivity index (χ0) is 33.9. The molecular weight excluding hydrogens is 594 g/mol. The maximum atomic E-state index is 12.6. The van der Waals surface area contributed by atoms with E-state index in [1.165, 1.54) is 5.69 Å². The van der Waals surface area contributed by atoms with Crippen molar-refractivity contribution in [2.24, 2.45) is 23.2 Å². The molecule has 1 fully saturated rings. The van der Waals surface area contributed by atoms with E-state index in [1.807, 2.05) is 36.0 Å². The van der Waals surface area contributed by atoms with Gasteiger partial charge in [0, 0.05) is 37.3 Å². The van der Waals surface area contributed by atoms with Gasteiger partial charge in [0.25, 0.3) is 5.91 Å². The molecule has 1 saturated carbocycles. The number of hydrogen-bond donors (Lipinski definition) is 2. The van der Waals surface area contributed by atoms with Crippen molar-refractivity contribution in [1.29, 1.82) is 0 Å². The minimum atomic E-state index is -0.132. The minimum absolute atomic E-state index is 0.0160. The van der Waals surface area contributed by atoms with Gasteiger partial charge in [0.2, 0.25) is 0 Å². The van der Waals surface area contributed by atoms with E-state index in [2.05, 4.69) is 55.6 Å². The second kappa shape index (κ2) is 17.5. The summed E-state index contributed by atoms with van der Waals surface area (Å²) in [6.45, 7) is 15.2. The van der Waals surface area contributed by atoms with Gasteiger partial charge in [0.05, 0.1) is 37.8 Å². The third kappa shape index (κ3) is 11.7. The van der Waals surface area contributed by atoms with E-state index in [0.717, 1.165) is 62.8 Å². The summed E-state index contributed by atoms with van der Waals surface area (Å²) in [6, 6.07) is 7.77. The monoisotopic (exact) mass is 653 g/mol. The van der Waals surface area contributed by atoms with Crippen molar-refractivity contribution >= 4 is 11.9 Å². The second-order valence-corrected chi connectivity index (χ2v) is 14.8. The molecule has 4 rings (SSSR count). The Labute approximate surface area is 282 Å². The van der Waals surface area contributed by atoms with Crippen molar-refractivity contribution in [3.63, 3.8) is 0 Å². The van der Waals surface area contributed by atoms with Gasteiger partial charge in [-0.05, 0) is 107 Å². The molecule has 1 aromatic heterocycles. The Kier molecular flexibility index (Phi) is 13.8. The van der Waals surface area contributed by atoms with E-state index in [9.17, 15) is 9.59 Å². The van der Waals surface area contributed by atoms with E-state index < -0.39 is 0 Å². The average Bonchev–Trinajstić information content (AvgIpc) is 3.57. The van der Waals surface area contributed by atoms with E-state index >= 15 is 0 Å². The normalized spacial score (nSPS) is 19.3. The predicted octanol–water partition coefficient (Wildman–Crippen LogP) is 5.37. The molecule has 0 bridgehead atoms. The van der Waals surface area contributed by atoms with Gasteiger partial charge < -0.3 is 24.8 Å². The summed E-state index contributed by atoms with van der Waals surface area (Å²) in [5.74, 6) is 1.44. The van der Waals surface area contributed by atoms with Crippen molar-refractivity contribution in [3.8, 4) is 0 Å². The molecule has 1 heterocycles. The first-order chi connectivity index (χ1) is 22.5. The third-order valence-corrected chi connectivity index (χ3v) is 10.5. The van der Waals surface area contributed by atoms with Crippen molar-refractivity contribution in [2.45, 2.75) is 104 Å². The summed E-state index contributed by atoms with van der Waals surface area (Å²) in [5.41, 5.74) is 4.35. The minimum Gasteiger partial charge on any atom is -0.465 e. The number of aryl methyl sites for hydroxylation is 1. The number of esters is 1. The number of carbonyl (C=O) groups is 2. The molecule has 0 spiro atoms. The number of rotatable bonds is 20. The molecule has 2 aliphatic carbocycles. The molecule has 0 radical (unpaired) electrons. The molecule has 1 amide bonds. The van der Waals surface area contributed by atoms with Crippen LogP contribution in [0.2, 0.25) is 0 Å². The lowest BCUT2D eigenvalue weighted by molar-refractivity contribution is -0.144. The number of aromatic nitrogens is 3. The highest BCUT2D eigenvalue weighted by atomic mass is 16.5. The Morgan fingerprint density at radius 2 is 1.66 bits per heavy atom. The Bertz CT molecular complexity index is 1270. The SMILES string of the molecule is CCC(C)(C)CCOCCOCCCC(=O)OC[C@@H]1[C@@H]2CCc3nnn(Cc4ccc(C(=O)NCCC(C)(C)NC)cc4)c3CC[C@@H]21. The molecule has 1 aromatic carbocycles. The maximum Gasteiger partial charge on any atom is 0.305 e. The fourth-order valence-corrected chi connectivity index (χ4v) is 6.28. The largest absolute Gasteiger partial charge is 0.465 e. The number of amides is 1. The van der Waals surface area contributed by atoms with Gasteiger partial charge in [-0.15, -0.1) is 5.10 Å². The molecule has 2 aliphatic rings. The van der Waals surface area contributed by atoms with Crippen molar-refractivity contribution < 1.29 is 23.8 Å². The number of benzene rings is 1. The van der Waals surface area contributed by atoms with E-state index in [4.69, 9.17) is 14.2 Å². The molecule has 10 nitrogen and oxygen atoms in total. The van der Waals surface area contributed by atoms with Crippen LogP contribution in [0.5, 0.6) is 0 Å². The molecule has 3 atom stereocenters. The summed E-state index contributed by atoms with van der Waals surface area (Å²) in [6.07, 6.45) is 8.05. The number of carbonyl (C=O) groups excluding carboxylic acids is 2. The smallest absolute Gasteiger partial charge is 0.305 e. The molecule has 47 heavy (non-hydrogen) atoms. The molecule has 0 aliphatic heterocycles.